The first kappa shape index (κ1) is 32.2. The number of carbonyl (C=O) groups excluding carboxylic acids is 2. The highest BCUT2D eigenvalue weighted by molar-refractivity contribution is 6.04. The number of ether oxygens (including phenoxy) is 1. The van der Waals surface area contributed by atoms with Crippen molar-refractivity contribution >= 4 is 23.4 Å². The van der Waals surface area contributed by atoms with E-state index in [1.165, 1.54) is 12.1 Å². The molecule has 0 spiro atoms. The molecule has 0 saturated carbocycles. The van der Waals surface area contributed by atoms with Crippen LogP contribution in [0.15, 0.2) is 66.9 Å². The van der Waals surface area contributed by atoms with Crippen molar-refractivity contribution in [3.8, 4) is 11.1 Å². The summed E-state index contributed by atoms with van der Waals surface area (Å²) in [4.78, 5) is 34.0. The predicted molar refractivity (Wildman–Crippen MR) is 169 cm³/mol. The van der Waals surface area contributed by atoms with Gasteiger partial charge < -0.3 is 15.0 Å². The van der Waals surface area contributed by atoms with Crippen LogP contribution in [0.3, 0.4) is 0 Å². The molecule has 238 valence electrons. The third kappa shape index (κ3) is 8.11. The number of alkyl halides is 3. The van der Waals surface area contributed by atoms with Crippen molar-refractivity contribution in [1.29, 1.82) is 0 Å². The molecule has 1 atom stereocenters. The van der Waals surface area contributed by atoms with E-state index in [2.05, 4.69) is 22.1 Å². The molecule has 1 saturated heterocycles. The van der Waals surface area contributed by atoms with Crippen molar-refractivity contribution in [3.63, 3.8) is 0 Å². The first-order valence-electron chi connectivity index (χ1n) is 15.3. The maximum Gasteiger partial charge on any atom is 0.416 e. The molecule has 0 bridgehead atoms. The molecule has 0 radical (unpaired) electrons. The third-order valence-electron chi connectivity index (χ3n) is 8.20. The predicted octanol–water partition coefficient (Wildman–Crippen LogP) is 8.03. The van der Waals surface area contributed by atoms with E-state index in [-0.39, 0.29) is 12.0 Å². The van der Waals surface area contributed by atoms with Crippen LogP contribution in [-0.2, 0) is 17.5 Å². The molecule has 1 aromatic heterocycles. The average molecular weight is 621 g/mol. The van der Waals surface area contributed by atoms with Gasteiger partial charge in [0.2, 0.25) is 0 Å². The quantitative estimate of drug-likeness (QED) is 0.302. The van der Waals surface area contributed by atoms with E-state index in [9.17, 15) is 22.8 Å². The fourth-order valence-electron chi connectivity index (χ4n) is 5.69. The SMILES string of the molecule is C[C@@H]1CCCN1Cc1cc(NC(=O)c2ccc(C3=CCN(C(=O)OC(C)(C)C)CC3)cc2)ncc1-c1ccc(C(F)(F)F)cc1. The Kier molecular flexibility index (Phi) is 9.34. The molecule has 0 unspecified atom stereocenters. The normalized spacial score (nSPS) is 17.6. The van der Waals surface area contributed by atoms with Crippen LogP contribution in [-0.4, -0.2) is 58.1 Å². The largest absolute Gasteiger partial charge is 0.444 e. The van der Waals surface area contributed by atoms with Gasteiger partial charge in [0, 0.05) is 43.0 Å². The van der Waals surface area contributed by atoms with Gasteiger partial charge in [0.05, 0.1) is 5.56 Å². The molecular formula is C35H39F3N4O3. The molecule has 1 N–H and O–H groups in total. The van der Waals surface area contributed by atoms with E-state index < -0.39 is 17.3 Å². The van der Waals surface area contributed by atoms with Crippen molar-refractivity contribution in [2.45, 2.75) is 71.3 Å². The van der Waals surface area contributed by atoms with E-state index in [4.69, 9.17) is 4.74 Å². The first-order chi connectivity index (χ1) is 21.3. The summed E-state index contributed by atoms with van der Waals surface area (Å²) >= 11 is 0. The maximum atomic E-state index is 13.2. The zero-order chi connectivity index (χ0) is 32.4. The summed E-state index contributed by atoms with van der Waals surface area (Å²) in [5.74, 6) is 0.0596. The van der Waals surface area contributed by atoms with Gasteiger partial charge in [-0.3, -0.25) is 9.69 Å². The summed E-state index contributed by atoms with van der Waals surface area (Å²) in [6.45, 7) is 10.2. The number of benzene rings is 2. The average Bonchev–Trinajstić information content (AvgIpc) is 3.40. The monoisotopic (exact) mass is 620 g/mol. The number of halogens is 3. The molecular weight excluding hydrogens is 581 g/mol. The first-order valence-corrected chi connectivity index (χ1v) is 15.3. The van der Waals surface area contributed by atoms with Gasteiger partial charge in [-0.25, -0.2) is 9.78 Å². The number of amides is 2. The minimum Gasteiger partial charge on any atom is -0.444 e. The standard InChI is InChI=1S/C35H39F3N4O3/c1-23-6-5-17-42(23)22-28-20-31(39-21-30(28)26-11-13-29(14-12-26)35(36,37)38)40-32(43)27-9-7-24(8-10-27)25-15-18-41(19-16-25)33(44)45-34(2,3)4/h7-15,20-21,23H,5-6,16-19,22H2,1-4H3,(H,39,40,43)/t23-/m1/s1. The van der Waals surface area contributed by atoms with Gasteiger partial charge in [0.25, 0.3) is 5.91 Å². The molecule has 45 heavy (non-hydrogen) atoms. The van der Waals surface area contributed by atoms with Crippen molar-refractivity contribution in [2.24, 2.45) is 0 Å². The van der Waals surface area contributed by atoms with Gasteiger partial charge in [-0.1, -0.05) is 30.3 Å². The van der Waals surface area contributed by atoms with Crippen LogP contribution in [0.2, 0.25) is 0 Å². The molecule has 10 heteroatoms. The van der Waals surface area contributed by atoms with Crippen LogP contribution in [0.4, 0.5) is 23.8 Å². The molecule has 7 nitrogen and oxygen atoms in total. The minimum absolute atomic E-state index is 0.314. The summed E-state index contributed by atoms with van der Waals surface area (Å²) in [6.07, 6.45) is 1.73. The Morgan fingerprint density at radius 1 is 1.00 bits per heavy atom. The van der Waals surface area contributed by atoms with Crippen LogP contribution < -0.4 is 5.32 Å². The number of anilines is 1. The number of pyridine rings is 1. The third-order valence-corrected chi connectivity index (χ3v) is 8.20. The highest BCUT2D eigenvalue weighted by atomic mass is 19.4. The molecule has 2 aromatic carbocycles. The van der Waals surface area contributed by atoms with E-state index in [0.717, 1.165) is 53.8 Å². The summed E-state index contributed by atoms with van der Waals surface area (Å²) in [5.41, 5.74) is 3.55. The molecule has 2 aliphatic rings. The van der Waals surface area contributed by atoms with Crippen LogP contribution in [0.5, 0.6) is 0 Å². The van der Waals surface area contributed by atoms with E-state index >= 15 is 0 Å². The summed E-state index contributed by atoms with van der Waals surface area (Å²) in [6, 6.07) is 14.6. The van der Waals surface area contributed by atoms with Crippen molar-refractivity contribution in [3.05, 3.63) is 89.1 Å². The topological polar surface area (TPSA) is 74.8 Å². The number of hydrogen-bond acceptors (Lipinski definition) is 5. The van der Waals surface area contributed by atoms with Crippen LogP contribution in [0.25, 0.3) is 16.7 Å². The second-order valence-corrected chi connectivity index (χ2v) is 12.7. The Morgan fingerprint density at radius 2 is 1.69 bits per heavy atom. The van der Waals surface area contributed by atoms with Gasteiger partial charge in [0.1, 0.15) is 11.4 Å². The molecule has 2 aliphatic heterocycles. The van der Waals surface area contributed by atoms with Gasteiger partial charge in [-0.05, 0) is 106 Å². The molecule has 1 fully saturated rings. The van der Waals surface area contributed by atoms with Crippen molar-refractivity contribution < 1.29 is 27.5 Å². The Hall–Kier alpha value is -4.18. The maximum absolute atomic E-state index is 13.2. The van der Waals surface area contributed by atoms with Gasteiger partial charge in [-0.2, -0.15) is 13.2 Å². The minimum atomic E-state index is -4.41. The molecule has 3 aromatic rings. The van der Waals surface area contributed by atoms with E-state index in [1.54, 1.807) is 23.2 Å². The Balaban J connectivity index is 1.29. The number of nitrogens with zero attached hydrogens (tertiary/aromatic N) is 3. The second-order valence-electron chi connectivity index (χ2n) is 12.7. The molecule has 0 aliphatic carbocycles. The lowest BCUT2D eigenvalue weighted by molar-refractivity contribution is -0.137. The number of likely N-dealkylation sites (tertiary alicyclic amines) is 1. The summed E-state index contributed by atoms with van der Waals surface area (Å²) in [7, 11) is 0. The Bertz CT molecular complexity index is 1560. The molecule has 3 heterocycles. The van der Waals surface area contributed by atoms with Crippen LogP contribution in [0, 0.1) is 0 Å². The summed E-state index contributed by atoms with van der Waals surface area (Å²) < 4.78 is 44.9. The summed E-state index contributed by atoms with van der Waals surface area (Å²) in [5, 5.41) is 2.89. The number of nitrogens with one attached hydrogen (secondary N) is 1. The Morgan fingerprint density at radius 3 is 2.27 bits per heavy atom. The van der Waals surface area contributed by atoms with E-state index in [0.29, 0.717) is 49.0 Å². The van der Waals surface area contributed by atoms with Gasteiger partial charge in [0.15, 0.2) is 0 Å². The lowest BCUT2D eigenvalue weighted by atomic mass is 9.98. The van der Waals surface area contributed by atoms with Crippen molar-refractivity contribution in [1.82, 2.24) is 14.8 Å². The van der Waals surface area contributed by atoms with Gasteiger partial charge in [-0.15, -0.1) is 0 Å². The number of carbonyl (C=O) groups is 2. The fraction of sp³-hybridized carbons (Fsp3) is 0.400. The van der Waals surface area contributed by atoms with E-state index in [1.807, 2.05) is 45.0 Å². The lowest BCUT2D eigenvalue weighted by Gasteiger charge is -2.29. The van der Waals surface area contributed by atoms with Gasteiger partial charge >= 0.3 is 12.3 Å². The molecule has 2 amide bonds. The zero-order valence-electron chi connectivity index (χ0n) is 26.1. The zero-order valence-corrected chi connectivity index (χ0v) is 26.1. The Labute approximate surface area is 262 Å². The highest BCUT2D eigenvalue weighted by Crippen LogP contribution is 2.33. The molecule has 5 rings (SSSR count). The second kappa shape index (κ2) is 13.0. The van der Waals surface area contributed by atoms with Crippen LogP contribution >= 0.6 is 0 Å². The number of aromatic nitrogens is 1. The van der Waals surface area contributed by atoms with Crippen molar-refractivity contribution in [2.75, 3.05) is 25.0 Å². The van der Waals surface area contributed by atoms with Crippen LogP contribution in [0.1, 0.15) is 74.0 Å². The fourth-order valence-corrected chi connectivity index (χ4v) is 5.69. The number of hydrogen-bond donors (Lipinski definition) is 1. The number of rotatable bonds is 6. The smallest absolute Gasteiger partial charge is 0.416 e. The highest BCUT2D eigenvalue weighted by Gasteiger charge is 2.30. The lowest BCUT2D eigenvalue weighted by Crippen LogP contribution is -2.39.